The Hall–Kier alpha value is -3.61. The first-order chi connectivity index (χ1) is 14.0. The second kappa shape index (κ2) is 7.79. The number of nitrogens with zero attached hydrogens (tertiary/aromatic N) is 2. The van der Waals surface area contributed by atoms with Crippen molar-refractivity contribution in [1.29, 1.82) is 0 Å². The number of phenols is 2. The van der Waals surface area contributed by atoms with E-state index in [4.69, 9.17) is 0 Å². The second-order valence-corrected chi connectivity index (χ2v) is 7.16. The van der Waals surface area contributed by atoms with Gasteiger partial charge in [-0.2, -0.15) is 0 Å². The molecular weight excluding hydrogens is 370 g/mol. The monoisotopic (exact) mass is 391 g/mol. The van der Waals surface area contributed by atoms with Crippen LogP contribution in [-0.2, 0) is 16.0 Å². The number of pyridine rings is 1. The van der Waals surface area contributed by atoms with Crippen LogP contribution < -0.4 is 5.32 Å². The zero-order valence-corrected chi connectivity index (χ0v) is 15.8. The molecule has 0 saturated heterocycles. The summed E-state index contributed by atoms with van der Waals surface area (Å²) in [6.45, 7) is 1.02. The maximum atomic E-state index is 12.5. The number of aryl methyl sites for hydroxylation is 1. The van der Waals surface area contributed by atoms with E-state index in [0.29, 0.717) is 38.2 Å². The predicted octanol–water partition coefficient (Wildman–Crippen LogP) is 2.71. The third-order valence-electron chi connectivity index (χ3n) is 5.08. The summed E-state index contributed by atoms with van der Waals surface area (Å²) < 4.78 is 0. The van der Waals surface area contributed by atoms with Crippen molar-refractivity contribution in [3.8, 4) is 11.5 Å². The second-order valence-electron chi connectivity index (χ2n) is 7.16. The van der Waals surface area contributed by atoms with Crippen molar-refractivity contribution in [3.05, 3.63) is 59.3 Å². The van der Waals surface area contributed by atoms with E-state index in [-0.39, 0.29) is 23.3 Å². The molecule has 3 heterocycles. The number of aromatic hydroxyl groups is 2. The van der Waals surface area contributed by atoms with E-state index in [9.17, 15) is 19.8 Å². The van der Waals surface area contributed by atoms with Gasteiger partial charge < -0.3 is 20.4 Å². The summed E-state index contributed by atoms with van der Waals surface area (Å²) in [5.74, 6) is 0.504. The topological polar surface area (TPSA) is 103 Å². The van der Waals surface area contributed by atoms with Gasteiger partial charge in [0.15, 0.2) is 0 Å². The van der Waals surface area contributed by atoms with Crippen molar-refractivity contribution in [2.45, 2.75) is 19.3 Å². The van der Waals surface area contributed by atoms with E-state index in [1.807, 2.05) is 12.1 Å². The minimum Gasteiger partial charge on any atom is -0.508 e. The zero-order chi connectivity index (χ0) is 20.4. The fourth-order valence-electron chi connectivity index (χ4n) is 3.55. The lowest BCUT2D eigenvalue weighted by Gasteiger charge is -2.25. The standard InChI is InChI=1S/C22H21N3O4/c26-18-10-17(11-19(27)12-18)15-5-7-25(8-6-15)21(29)4-1-14-9-16-2-3-20(28)24-22(16)23-13-14/h1,4-5,9-13,26-27H,2-3,6-8H2,(H,23,24,28). The normalized spacial score (nSPS) is 16.3. The molecule has 0 bridgehead atoms. The third-order valence-corrected chi connectivity index (χ3v) is 5.08. The SMILES string of the molecule is O=C1CCc2cc(C=CC(=O)N3CC=C(c4cc(O)cc(O)c4)CC3)cnc2N1. The summed E-state index contributed by atoms with van der Waals surface area (Å²) in [6, 6.07) is 6.44. The average Bonchev–Trinajstić information content (AvgIpc) is 2.71. The van der Waals surface area contributed by atoms with Gasteiger partial charge in [-0.3, -0.25) is 9.59 Å². The first kappa shape index (κ1) is 18.7. The van der Waals surface area contributed by atoms with E-state index >= 15 is 0 Å². The fourth-order valence-corrected chi connectivity index (χ4v) is 3.55. The van der Waals surface area contributed by atoms with Crippen molar-refractivity contribution in [2.24, 2.45) is 0 Å². The molecule has 0 atom stereocenters. The molecule has 2 aliphatic heterocycles. The number of aromatic nitrogens is 1. The number of hydrogen-bond donors (Lipinski definition) is 3. The van der Waals surface area contributed by atoms with Crippen molar-refractivity contribution >= 4 is 29.3 Å². The molecule has 2 aliphatic rings. The molecule has 4 rings (SSSR count). The molecule has 148 valence electrons. The van der Waals surface area contributed by atoms with Crippen molar-refractivity contribution in [1.82, 2.24) is 9.88 Å². The molecule has 2 amide bonds. The highest BCUT2D eigenvalue weighted by Crippen LogP contribution is 2.29. The number of rotatable bonds is 3. The summed E-state index contributed by atoms with van der Waals surface area (Å²) in [5.41, 5.74) is 3.54. The quantitative estimate of drug-likeness (QED) is 0.698. The molecular formula is C22H21N3O4. The van der Waals surface area contributed by atoms with E-state index in [1.165, 1.54) is 12.1 Å². The van der Waals surface area contributed by atoms with Crippen LogP contribution >= 0.6 is 0 Å². The van der Waals surface area contributed by atoms with Gasteiger partial charge in [-0.15, -0.1) is 0 Å². The van der Waals surface area contributed by atoms with E-state index < -0.39 is 0 Å². The summed E-state index contributed by atoms with van der Waals surface area (Å²) in [4.78, 5) is 29.9. The minimum absolute atomic E-state index is 0.0144. The molecule has 2 aromatic rings. The van der Waals surface area contributed by atoms with Gasteiger partial charge >= 0.3 is 0 Å². The van der Waals surface area contributed by atoms with E-state index in [1.54, 1.807) is 29.3 Å². The number of carbonyl (C=O) groups is 2. The Kier molecular flexibility index (Phi) is 5.03. The Morgan fingerprint density at radius 3 is 2.62 bits per heavy atom. The number of phenolic OH excluding ortho intramolecular Hbond substituents is 2. The number of anilines is 1. The molecule has 0 radical (unpaired) electrons. The smallest absolute Gasteiger partial charge is 0.246 e. The molecule has 0 saturated carbocycles. The number of carbonyl (C=O) groups excluding carboxylic acids is 2. The molecule has 29 heavy (non-hydrogen) atoms. The average molecular weight is 391 g/mol. The summed E-state index contributed by atoms with van der Waals surface area (Å²) in [7, 11) is 0. The van der Waals surface area contributed by atoms with Crippen LogP contribution in [0.1, 0.15) is 29.5 Å². The molecule has 1 aromatic heterocycles. The summed E-state index contributed by atoms with van der Waals surface area (Å²) in [6.07, 6.45) is 8.57. The van der Waals surface area contributed by atoms with E-state index in [2.05, 4.69) is 10.3 Å². The van der Waals surface area contributed by atoms with Crippen molar-refractivity contribution in [3.63, 3.8) is 0 Å². The van der Waals surface area contributed by atoms with Crippen LogP contribution in [0.5, 0.6) is 11.5 Å². The third kappa shape index (κ3) is 4.29. The maximum Gasteiger partial charge on any atom is 0.246 e. The van der Waals surface area contributed by atoms with Crippen LogP contribution in [0.25, 0.3) is 11.6 Å². The molecule has 0 fully saturated rings. The van der Waals surface area contributed by atoms with Gasteiger partial charge in [0.2, 0.25) is 11.8 Å². The van der Waals surface area contributed by atoms with Crippen LogP contribution in [-0.4, -0.2) is 45.0 Å². The Bertz CT molecular complexity index is 1020. The van der Waals surface area contributed by atoms with E-state index in [0.717, 1.165) is 22.3 Å². The Labute approximate surface area is 168 Å². The van der Waals surface area contributed by atoms with Gasteiger partial charge in [-0.1, -0.05) is 6.08 Å². The van der Waals surface area contributed by atoms with Gasteiger partial charge in [-0.25, -0.2) is 4.98 Å². The maximum absolute atomic E-state index is 12.5. The number of nitrogens with one attached hydrogen (secondary N) is 1. The Morgan fingerprint density at radius 1 is 1.10 bits per heavy atom. The van der Waals surface area contributed by atoms with Crippen LogP contribution in [0.15, 0.2) is 42.6 Å². The lowest BCUT2D eigenvalue weighted by atomic mass is 9.99. The molecule has 7 nitrogen and oxygen atoms in total. The predicted molar refractivity (Wildman–Crippen MR) is 109 cm³/mol. The first-order valence-corrected chi connectivity index (χ1v) is 9.46. The molecule has 3 N–H and O–H groups in total. The van der Waals surface area contributed by atoms with Gasteiger partial charge in [0.1, 0.15) is 17.3 Å². The summed E-state index contributed by atoms with van der Waals surface area (Å²) in [5, 5.41) is 22.0. The highest BCUT2D eigenvalue weighted by atomic mass is 16.3. The minimum atomic E-state index is -0.0925. The lowest BCUT2D eigenvalue weighted by molar-refractivity contribution is -0.125. The largest absolute Gasteiger partial charge is 0.508 e. The highest BCUT2D eigenvalue weighted by Gasteiger charge is 2.18. The Balaban J connectivity index is 1.41. The van der Waals surface area contributed by atoms with Crippen LogP contribution in [0.3, 0.4) is 0 Å². The number of benzene rings is 1. The molecule has 0 spiro atoms. The Morgan fingerprint density at radius 2 is 1.90 bits per heavy atom. The highest BCUT2D eigenvalue weighted by molar-refractivity contribution is 5.94. The number of amides is 2. The van der Waals surface area contributed by atoms with Gasteiger partial charge in [0, 0.05) is 37.8 Å². The van der Waals surface area contributed by atoms with Gasteiger partial charge in [-0.05, 0) is 59.4 Å². The molecule has 0 aliphatic carbocycles. The van der Waals surface area contributed by atoms with Gasteiger partial charge in [0.05, 0.1) is 0 Å². The summed E-state index contributed by atoms with van der Waals surface area (Å²) >= 11 is 0. The zero-order valence-electron chi connectivity index (χ0n) is 15.8. The van der Waals surface area contributed by atoms with Crippen molar-refractivity contribution < 1.29 is 19.8 Å². The fraction of sp³-hybridized carbons (Fsp3) is 0.227. The number of hydrogen-bond acceptors (Lipinski definition) is 5. The molecule has 1 aromatic carbocycles. The van der Waals surface area contributed by atoms with Crippen LogP contribution in [0, 0.1) is 0 Å². The van der Waals surface area contributed by atoms with Crippen molar-refractivity contribution in [2.75, 3.05) is 18.4 Å². The van der Waals surface area contributed by atoms with Crippen LogP contribution in [0.2, 0.25) is 0 Å². The molecule has 7 heteroatoms. The molecule has 0 unspecified atom stereocenters. The lowest BCUT2D eigenvalue weighted by Crippen LogP contribution is -2.33. The number of fused-ring (bicyclic) bond motifs is 1. The van der Waals surface area contributed by atoms with Gasteiger partial charge in [0.25, 0.3) is 0 Å². The van der Waals surface area contributed by atoms with Crippen LogP contribution in [0.4, 0.5) is 5.82 Å². The first-order valence-electron chi connectivity index (χ1n) is 9.46.